The third kappa shape index (κ3) is 2.53. The summed E-state index contributed by atoms with van der Waals surface area (Å²) in [6.07, 6.45) is 1.85. The lowest BCUT2D eigenvalue weighted by Crippen LogP contribution is -2.07. The quantitative estimate of drug-likeness (QED) is 0.798. The molecule has 0 aliphatic rings. The number of ether oxygens (including phenoxy) is 1. The lowest BCUT2D eigenvalue weighted by molar-refractivity contribution is 0.415. The van der Waals surface area contributed by atoms with E-state index in [1.807, 2.05) is 65.5 Å². The molecule has 2 aromatic carbocycles. The van der Waals surface area contributed by atoms with Crippen molar-refractivity contribution in [2.75, 3.05) is 7.11 Å². The van der Waals surface area contributed by atoms with Crippen LogP contribution in [0.25, 0.3) is 16.8 Å². The van der Waals surface area contributed by atoms with Gasteiger partial charge in [0, 0.05) is 12.1 Å². The second-order valence-corrected chi connectivity index (χ2v) is 4.69. The summed E-state index contributed by atoms with van der Waals surface area (Å²) in [5.74, 6) is 0.822. The zero-order chi connectivity index (χ0) is 14.7. The molecular formula is C17H17N3O. The molecule has 0 fully saturated rings. The number of hydrogen-bond donors (Lipinski definition) is 1. The van der Waals surface area contributed by atoms with Gasteiger partial charge in [-0.1, -0.05) is 30.3 Å². The van der Waals surface area contributed by atoms with E-state index in [-0.39, 0.29) is 0 Å². The Kier molecular flexibility index (Phi) is 3.71. The highest BCUT2D eigenvalue weighted by molar-refractivity contribution is 5.67. The number of rotatable bonds is 4. The minimum Gasteiger partial charge on any atom is -0.497 e. The monoisotopic (exact) mass is 279 g/mol. The summed E-state index contributed by atoms with van der Waals surface area (Å²) in [6.45, 7) is 0.418. The SMILES string of the molecule is COc1cccc(-c2cnn(-c3ccccc3)c2CN)c1. The smallest absolute Gasteiger partial charge is 0.119 e. The number of benzene rings is 2. The van der Waals surface area contributed by atoms with Gasteiger partial charge in [-0.2, -0.15) is 5.10 Å². The van der Waals surface area contributed by atoms with Crippen molar-refractivity contribution in [3.8, 4) is 22.6 Å². The lowest BCUT2D eigenvalue weighted by Gasteiger charge is -2.08. The van der Waals surface area contributed by atoms with Gasteiger partial charge in [0.1, 0.15) is 5.75 Å². The van der Waals surface area contributed by atoms with Gasteiger partial charge in [0.25, 0.3) is 0 Å². The van der Waals surface area contributed by atoms with Crippen LogP contribution in [-0.2, 0) is 6.54 Å². The fourth-order valence-corrected chi connectivity index (χ4v) is 2.39. The molecular weight excluding hydrogens is 262 g/mol. The molecule has 0 saturated heterocycles. The normalized spacial score (nSPS) is 10.6. The molecule has 3 aromatic rings. The number of aromatic nitrogens is 2. The zero-order valence-electron chi connectivity index (χ0n) is 11.9. The molecule has 0 spiro atoms. The second-order valence-electron chi connectivity index (χ2n) is 4.69. The lowest BCUT2D eigenvalue weighted by atomic mass is 10.1. The van der Waals surface area contributed by atoms with E-state index in [0.717, 1.165) is 28.3 Å². The maximum atomic E-state index is 5.95. The molecule has 21 heavy (non-hydrogen) atoms. The summed E-state index contributed by atoms with van der Waals surface area (Å²) in [6, 6.07) is 17.9. The molecule has 0 atom stereocenters. The Balaban J connectivity index is 2.10. The third-order valence-corrected chi connectivity index (χ3v) is 3.44. The van der Waals surface area contributed by atoms with Crippen LogP contribution in [0.1, 0.15) is 5.69 Å². The number of hydrogen-bond acceptors (Lipinski definition) is 3. The molecule has 0 unspecified atom stereocenters. The first-order valence-corrected chi connectivity index (χ1v) is 6.80. The van der Waals surface area contributed by atoms with Gasteiger partial charge in [0.05, 0.1) is 24.7 Å². The van der Waals surface area contributed by atoms with Crippen LogP contribution >= 0.6 is 0 Å². The van der Waals surface area contributed by atoms with E-state index in [2.05, 4.69) is 5.10 Å². The van der Waals surface area contributed by atoms with Crippen LogP contribution in [0.4, 0.5) is 0 Å². The van der Waals surface area contributed by atoms with Crippen molar-refractivity contribution in [2.45, 2.75) is 6.54 Å². The average Bonchev–Trinajstić information content (AvgIpc) is 2.99. The Morgan fingerprint density at radius 3 is 2.62 bits per heavy atom. The van der Waals surface area contributed by atoms with Crippen molar-refractivity contribution >= 4 is 0 Å². The summed E-state index contributed by atoms with van der Waals surface area (Å²) in [4.78, 5) is 0. The van der Waals surface area contributed by atoms with E-state index >= 15 is 0 Å². The average molecular weight is 279 g/mol. The summed E-state index contributed by atoms with van der Waals surface area (Å²) in [5, 5.41) is 4.48. The molecule has 0 radical (unpaired) electrons. The fraction of sp³-hybridized carbons (Fsp3) is 0.118. The van der Waals surface area contributed by atoms with Crippen molar-refractivity contribution in [1.82, 2.24) is 9.78 Å². The summed E-state index contributed by atoms with van der Waals surface area (Å²) in [5.41, 5.74) is 10.0. The first-order chi connectivity index (χ1) is 10.3. The molecule has 0 aliphatic carbocycles. The van der Waals surface area contributed by atoms with Crippen molar-refractivity contribution < 1.29 is 4.74 Å². The Bertz CT molecular complexity index is 735. The van der Waals surface area contributed by atoms with Gasteiger partial charge < -0.3 is 10.5 Å². The highest BCUT2D eigenvalue weighted by Gasteiger charge is 2.12. The van der Waals surface area contributed by atoms with E-state index in [1.54, 1.807) is 7.11 Å². The third-order valence-electron chi connectivity index (χ3n) is 3.44. The van der Waals surface area contributed by atoms with Gasteiger partial charge in [-0.25, -0.2) is 4.68 Å². The molecule has 0 amide bonds. The molecule has 4 nitrogen and oxygen atoms in total. The molecule has 0 bridgehead atoms. The van der Waals surface area contributed by atoms with Crippen LogP contribution in [-0.4, -0.2) is 16.9 Å². The van der Waals surface area contributed by atoms with Crippen LogP contribution in [0, 0.1) is 0 Å². The molecule has 3 rings (SSSR count). The highest BCUT2D eigenvalue weighted by atomic mass is 16.5. The van der Waals surface area contributed by atoms with Gasteiger partial charge in [-0.15, -0.1) is 0 Å². The largest absolute Gasteiger partial charge is 0.497 e. The topological polar surface area (TPSA) is 53.1 Å². The van der Waals surface area contributed by atoms with Gasteiger partial charge in [-0.05, 0) is 29.8 Å². The summed E-state index contributed by atoms with van der Waals surface area (Å²) < 4.78 is 7.17. The number of methoxy groups -OCH3 is 1. The highest BCUT2D eigenvalue weighted by Crippen LogP contribution is 2.28. The molecule has 4 heteroatoms. The van der Waals surface area contributed by atoms with E-state index < -0.39 is 0 Å². The van der Waals surface area contributed by atoms with Gasteiger partial charge in [0.2, 0.25) is 0 Å². The Labute approximate surface area is 123 Å². The zero-order valence-corrected chi connectivity index (χ0v) is 11.9. The van der Waals surface area contributed by atoms with Crippen molar-refractivity contribution in [2.24, 2.45) is 5.73 Å². The fourth-order valence-electron chi connectivity index (χ4n) is 2.39. The minimum atomic E-state index is 0.418. The first-order valence-electron chi connectivity index (χ1n) is 6.80. The van der Waals surface area contributed by atoms with E-state index in [1.165, 1.54) is 0 Å². The Morgan fingerprint density at radius 1 is 1.10 bits per heavy atom. The summed E-state index contributed by atoms with van der Waals surface area (Å²) >= 11 is 0. The molecule has 0 saturated carbocycles. The predicted octanol–water partition coefficient (Wildman–Crippen LogP) is 3.01. The molecule has 0 aliphatic heterocycles. The van der Waals surface area contributed by atoms with E-state index in [4.69, 9.17) is 10.5 Å². The van der Waals surface area contributed by atoms with Gasteiger partial charge in [0.15, 0.2) is 0 Å². The standard InChI is InChI=1S/C17H17N3O/c1-21-15-9-5-6-13(10-15)16-12-19-20(17(16)11-18)14-7-3-2-4-8-14/h2-10,12H,11,18H2,1H3. The predicted molar refractivity (Wildman–Crippen MR) is 83.4 cm³/mol. The number of nitrogens with two attached hydrogens (primary N) is 1. The Hall–Kier alpha value is -2.59. The van der Waals surface area contributed by atoms with E-state index in [0.29, 0.717) is 6.54 Å². The van der Waals surface area contributed by atoms with E-state index in [9.17, 15) is 0 Å². The molecule has 1 heterocycles. The van der Waals surface area contributed by atoms with Crippen LogP contribution in [0.15, 0.2) is 60.8 Å². The number of para-hydroxylation sites is 1. The van der Waals surface area contributed by atoms with Crippen LogP contribution in [0.2, 0.25) is 0 Å². The maximum absolute atomic E-state index is 5.95. The van der Waals surface area contributed by atoms with Gasteiger partial charge in [-0.3, -0.25) is 0 Å². The van der Waals surface area contributed by atoms with Gasteiger partial charge >= 0.3 is 0 Å². The van der Waals surface area contributed by atoms with Crippen molar-refractivity contribution in [3.63, 3.8) is 0 Å². The second kappa shape index (κ2) is 5.81. The first kappa shape index (κ1) is 13.4. The summed E-state index contributed by atoms with van der Waals surface area (Å²) in [7, 11) is 1.66. The maximum Gasteiger partial charge on any atom is 0.119 e. The van der Waals surface area contributed by atoms with Crippen LogP contribution < -0.4 is 10.5 Å². The van der Waals surface area contributed by atoms with Crippen LogP contribution in [0.3, 0.4) is 0 Å². The molecule has 2 N–H and O–H groups in total. The van der Waals surface area contributed by atoms with Crippen molar-refractivity contribution in [1.29, 1.82) is 0 Å². The molecule has 1 aromatic heterocycles. The molecule has 106 valence electrons. The Morgan fingerprint density at radius 2 is 1.90 bits per heavy atom. The number of nitrogens with zero attached hydrogens (tertiary/aromatic N) is 2. The minimum absolute atomic E-state index is 0.418. The van der Waals surface area contributed by atoms with Crippen molar-refractivity contribution in [3.05, 3.63) is 66.5 Å². The van der Waals surface area contributed by atoms with Crippen LogP contribution in [0.5, 0.6) is 5.75 Å².